The van der Waals surface area contributed by atoms with Crippen molar-refractivity contribution in [1.82, 2.24) is 25.4 Å². The highest BCUT2D eigenvalue weighted by atomic mass is 35.5. The molecule has 1 fully saturated rings. The summed E-state index contributed by atoms with van der Waals surface area (Å²) < 4.78 is 7.21. The smallest absolute Gasteiger partial charge is 0.250 e. The highest BCUT2D eigenvalue weighted by Gasteiger charge is 2.21. The van der Waals surface area contributed by atoms with Crippen molar-refractivity contribution in [2.24, 2.45) is 0 Å². The van der Waals surface area contributed by atoms with E-state index < -0.39 is 6.10 Å². The van der Waals surface area contributed by atoms with Crippen molar-refractivity contribution in [3.05, 3.63) is 48.0 Å². The monoisotopic (exact) mass is 373 g/mol. The predicted octanol–water partition coefficient (Wildman–Crippen LogP) is 0.775. The first kappa shape index (κ1) is 20.4. The van der Waals surface area contributed by atoms with Gasteiger partial charge in [0.2, 0.25) is 0 Å². The number of hydrogen-bond acceptors (Lipinski definition) is 5. The lowest BCUT2D eigenvalue weighted by Gasteiger charge is -2.23. The predicted molar refractivity (Wildman–Crippen MR) is 94.5 cm³/mol. The Morgan fingerprint density at radius 2 is 2.12 bits per heavy atom. The van der Waals surface area contributed by atoms with Crippen molar-refractivity contribution < 1.29 is 9.53 Å². The molecule has 0 saturated carbocycles. The van der Waals surface area contributed by atoms with Gasteiger partial charge in [-0.1, -0.05) is 24.3 Å². The number of carbonyl (C=O) groups is 1. The van der Waals surface area contributed by atoms with Crippen LogP contribution < -0.4 is 10.6 Å². The number of carbonyl (C=O) groups excluding carboxylic acids is 1. The average molecular weight is 374 g/mol. The third-order valence-corrected chi connectivity index (χ3v) is 3.59. The van der Waals surface area contributed by atoms with E-state index in [9.17, 15) is 4.79 Å². The maximum Gasteiger partial charge on any atom is 0.250 e. The van der Waals surface area contributed by atoms with E-state index in [1.54, 1.807) is 11.0 Å². The van der Waals surface area contributed by atoms with Gasteiger partial charge in [0, 0.05) is 19.6 Å². The lowest BCUT2D eigenvalue weighted by atomic mass is 10.1. The summed E-state index contributed by atoms with van der Waals surface area (Å²) in [5.74, 6) is -0.0808. The molecule has 0 aliphatic carbocycles. The Morgan fingerprint density at radius 1 is 1.33 bits per heavy atom. The molecule has 1 aromatic carbocycles. The minimum Gasteiger partial charge on any atom is -0.366 e. The van der Waals surface area contributed by atoms with E-state index in [1.165, 1.54) is 6.33 Å². The quantitative estimate of drug-likeness (QED) is 0.808. The van der Waals surface area contributed by atoms with Crippen LogP contribution in [-0.4, -0.2) is 46.5 Å². The van der Waals surface area contributed by atoms with Crippen LogP contribution in [0.2, 0.25) is 0 Å². The third-order valence-electron chi connectivity index (χ3n) is 3.59. The molecule has 7 nitrogen and oxygen atoms in total. The molecule has 0 radical (unpaired) electrons. The number of amides is 1. The van der Waals surface area contributed by atoms with E-state index in [4.69, 9.17) is 4.74 Å². The van der Waals surface area contributed by atoms with Gasteiger partial charge < -0.3 is 15.4 Å². The topological polar surface area (TPSA) is 81.1 Å². The maximum absolute atomic E-state index is 12.1. The van der Waals surface area contributed by atoms with Gasteiger partial charge in [0.25, 0.3) is 5.91 Å². The number of nitrogens with zero attached hydrogens (tertiary/aromatic N) is 3. The number of morpholine rings is 1. The van der Waals surface area contributed by atoms with Crippen molar-refractivity contribution >= 4 is 30.7 Å². The van der Waals surface area contributed by atoms with Gasteiger partial charge in [0.1, 0.15) is 18.8 Å². The van der Waals surface area contributed by atoms with Crippen LogP contribution in [-0.2, 0) is 22.6 Å². The van der Waals surface area contributed by atoms with E-state index >= 15 is 0 Å². The largest absolute Gasteiger partial charge is 0.366 e. The van der Waals surface area contributed by atoms with Crippen LogP contribution in [0.3, 0.4) is 0 Å². The molecule has 24 heavy (non-hydrogen) atoms. The molecule has 1 aromatic heterocycles. The number of halogens is 2. The number of benzene rings is 1. The molecule has 1 aliphatic rings. The number of hydrogen-bond donors (Lipinski definition) is 2. The van der Waals surface area contributed by atoms with E-state index in [-0.39, 0.29) is 30.7 Å². The first-order chi connectivity index (χ1) is 10.8. The zero-order valence-electron chi connectivity index (χ0n) is 13.1. The Bertz CT molecular complexity index is 618. The van der Waals surface area contributed by atoms with Crippen LogP contribution in [0.5, 0.6) is 0 Å². The van der Waals surface area contributed by atoms with Crippen LogP contribution in [0.4, 0.5) is 0 Å². The molecule has 1 aliphatic heterocycles. The summed E-state index contributed by atoms with van der Waals surface area (Å²) in [5, 5.41) is 10.2. The molecular weight excluding hydrogens is 353 g/mol. The number of ether oxygens (including phenoxy) is 1. The molecule has 3 rings (SSSR count). The van der Waals surface area contributed by atoms with Crippen molar-refractivity contribution in [2.75, 3.05) is 19.7 Å². The van der Waals surface area contributed by atoms with Gasteiger partial charge >= 0.3 is 0 Å². The highest BCUT2D eigenvalue weighted by molar-refractivity contribution is 5.85. The molecule has 1 amide bonds. The van der Waals surface area contributed by atoms with Crippen LogP contribution >= 0.6 is 24.8 Å². The molecule has 132 valence electrons. The summed E-state index contributed by atoms with van der Waals surface area (Å²) in [4.78, 5) is 16.0. The summed E-state index contributed by atoms with van der Waals surface area (Å²) >= 11 is 0. The van der Waals surface area contributed by atoms with Gasteiger partial charge in [0.05, 0.1) is 13.2 Å². The average Bonchev–Trinajstić information content (AvgIpc) is 3.07. The van der Waals surface area contributed by atoms with Gasteiger partial charge in [-0.3, -0.25) is 4.79 Å². The van der Waals surface area contributed by atoms with Gasteiger partial charge in [-0.2, -0.15) is 5.10 Å². The van der Waals surface area contributed by atoms with Crippen LogP contribution in [0.1, 0.15) is 11.1 Å². The van der Waals surface area contributed by atoms with Crippen molar-refractivity contribution in [1.29, 1.82) is 0 Å². The standard InChI is InChI=1S/C15H19N5O2.2ClH/c21-15(14-8-16-5-6-22-14)18-7-12-3-1-2-4-13(12)9-20-11-17-10-19-20;;/h1-4,10-11,14,16H,5-9H2,(H,18,21);2*1H. The zero-order chi connectivity index (χ0) is 15.2. The molecule has 9 heteroatoms. The van der Waals surface area contributed by atoms with Gasteiger partial charge in [-0.15, -0.1) is 24.8 Å². The molecular formula is C15H21Cl2N5O2. The lowest BCUT2D eigenvalue weighted by Crippen LogP contribution is -2.47. The van der Waals surface area contributed by atoms with E-state index in [1.807, 2.05) is 24.3 Å². The molecule has 0 spiro atoms. The summed E-state index contributed by atoms with van der Waals surface area (Å²) in [7, 11) is 0. The summed E-state index contributed by atoms with van der Waals surface area (Å²) in [5.41, 5.74) is 2.17. The van der Waals surface area contributed by atoms with Crippen molar-refractivity contribution in [2.45, 2.75) is 19.2 Å². The maximum atomic E-state index is 12.1. The fraction of sp³-hybridized carbons (Fsp3) is 0.400. The third kappa shape index (κ3) is 5.45. The number of aromatic nitrogens is 3. The minimum atomic E-state index is -0.406. The molecule has 2 heterocycles. The summed E-state index contributed by atoms with van der Waals surface area (Å²) in [6.07, 6.45) is 2.78. The van der Waals surface area contributed by atoms with E-state index in [0.717, 1.165) is 17.7 Å². The molecule has 1 atom stereocenters. The normalized spacial score (nSPS) is 16.6. The fourth-order valence-electron chi connectivity index (χ4n) is 2.40. The second kappa shape index (κ2) is 10.2. The van der Waals surface area contributed by atoms with E-state index in [2.05, 4.69) is 20.7 Å². The van der Waals surface area contributed by atoms with Gasteiger partial charge in [-0.25, -0.2) is 9.67 Å². The van der Waals surface area contributed by atoms with Crippen molar-refractivity contribution in [3.8, 4) is 0 Å². The van der Waals surface area contributed by atoms with Crippen LogP contribution in [0.25, 0.3) is 0 Å². The second-order valence-electron chi connectivity index (χ2n) is 5.14. The van der Waals surface area contributed by atoms with Gasteiger partial charge in [-0.05, 0) is 11.1 Å². The number of nitrogens with one attached hydrogen (secondary N) is 2. The van der Waals surface area contributed by atoms with E-state index in [0.29, 0.717) is 26.2 Å². The molecule has 1 saturated heterocycles. The van der Waals surface area contributed by atoms with Crippen molar-refractivity contribution in [3.63, 3.8) is 0 Å². The molecule has 2 N–H and O–H groups in total. The first-order valence-electron chi connectivity index (χ1n) is 7.32. The van der Waals surface area contributed by atoms with Crippen LogP contribution in [0.15, 0.2) is 36.9 Å². The molecule has 1 unspecified atom stereocenters. The molecule has 0 bridgehead atoms. The Morgan fingerprint density at radius 3 is 2.79 bits per heavy atom. The van der Waals surface area contributed by atoms with Gasteiger partial charge in [0.15, 0.2) is 0 Å². The summed E-state index contributed by atoms with van der Waals surface area (Å²) in [6, 6.07) is 7.98. The Balaban J connectivity index is 0.00000144. The zero-order valence-corrected chi connectivity index (χ0v) is 14.7. The number of rotatable bonds is 5. The Hall–Kier alpha value is -1.67. The van der Waals surface area contributed by atoms with Crippen LogP contribution in [0, 0.1) is 0 Å². The Kier molecular flexibility index (Phi) is 8.70. The molecule has 2 aromatic rings. The SMILES string of the molecule is Cl.Cl.O=C(NCc1ccccc1Cn1cncn1)C1CNCCO1. The Labute approximate surface area is 153 Å². The second-order valence-corrected chi connectivity index (χ2v) is 5.14. The lowest BCUT2D eigenvalue weighted by molar-refractivity contribution is -0.134. The fourth-order valence-corrected chi connectivity index (χ4v) is 2.40. The summed E-state index contributed by atoms with van der Waals surface area (Å²) in [6.45, 7) is 3.04. The first-order valence-corrected chi connectivity index (χ1v) is 7.32. The minimum absolute atomic E-state index is 0. The highest BCUT2D eigenvalue weighted by Crippen LogP contribution is 2.10.